The van der Waals surface area contributed by atoms with Gasteiger partial charge in [0.05, 0.1) is 0 Å². The van der Waals surface area contributed by atoms with Crippen LogP contribution in [0.4, 0.5) is 8.78 Å². The smallest absolute Gasteiger partial charge is 0.277 e. The van der Waals surface area contributed by atoms with Crippen molar-refractivity contribution in [3.8, 4) is 5.75 Å². The Morgan fingerprint density at radius 3 is 2.49 bits per heavy atom. The van der Waals surface area contributed by atoms with Gasteiger partial charge in [-0.15, -0.1) is 0 Å². The molecule has 1 aliphatic heterocycles. The third kappa shape index (κ3) is 3.24. The first kappa shape index (κ1) is 23.4. The van der Waals surface area contributed by atoms with Gasteiger partial charge in [0, 0.05) is 19.3 Å². The highest BCUT2D eigenvalue weighted by molar-refractivity contribution is 5.96. The van der Waals surface area contributed by atoms with Crippen LogP contribution >= 0.6 is 0 Å². The predicted molar refractivity (Wildman–Crippen MR) is 142 cm³/mol. The summed E-state index contributed by atoms with van der Waals surface area (Å²) in [7, 11) is 1.65. The zero-order chi connectivity index (χ0) is 26.9. The van der Waals surface area contributed by atoms with E-state index >= 15 is 0 Å². The number of rotatable bonds is 4. The number of carbonyl (C=O) groups is 1. The molecule has 0 saturated heterocycles. The lowest BCUT2D eigenvalue weighted by molar-refractivity contribution is 0.0712. The monoisotopic (exact) mass is 523 g/mol. The molecule has 194 valence electrons. The van der Waals surface area contributed by atoms with Crippen LogP contribution in [0.3, 0.4) is 0 Å². The van der Waals surface area contributed by atoms with E-state index in [-0.39, 0.29) is 30.6 Å². The van der Waals surface area contributed by atoms with E-state index < -0.39 is 22.6 Å². The van der Waals surface area contributed by atoms with E-state index in [4.69, 9.17) is 4.74 Å². The maximum absolute atomic E-state index is 14.8. The molecule has 0 spiro atoms. The van der Waals surface area contributed by atoms with E-state index in [9.17, 15) is 18.4 Å². The zero-order valence-electron chi connectivity index (χ0n) is 21.0. The molecular weight excluding hydrogens is 500 g/mol. The fourth-order valence-electron chi connectivity index (χ4n) is 6.19. The minimum absolute atomic E-state index is 0.0559. The quantitative estimate of drug-likeness (QED) is 0.393. The molecule has 1 amide bonds. The molecule has 1 unspecified atom stereocenters. The van der Waals surface area contributed by atoms with Crippen molar-refractivity contribution in [2.45, 2.75) is 18.6 Å². The summed E-state index contributed by atoms with van der Waals surface area (Å²) < 4.78 is 36.8. The average molecular weight is 524 g/mol. The summed E-state index contributed by atoms with van der Waals surface area (Å²) in [5.41, 5.74) is 3.58. The zero-order valence-corrected chi connectivity index (χ0v) is 21.0. The molecular formula is C31H23F2N3O3. The van der Waals surface area contributed by atoms with Crippen molar-refractivity contribution in [3.63, 3.8) is 0 Å². The number of pyridine rings is 1. The highest BCUT2D eigenvalue weighted by atomic mass is 19.2. The lowest BCUT2D eigenvalue weighted by Crippen LogP contribution is -2.61. The number of nitrogens with zero attached hydrogens (tertiary/aromatic N) is 3. The number of carbonyl (C=O) groups excluding carboxylic acids is 1. The Labute approximate surface area is 223 Å². The van der Waals surface area contributed by atoms with E-state index in [1.807, 2.05) is 59.6 Å². The number of aromatic nitrogens is 1. The van der Waals surface area contributed by atoms with Crippen molar-refractivity contribution >= 4 is 12.0 Å². The molecule has 8 heteroatoms. The van der Waals surface area contributed by atoms with Gasteiger partial charge in [0.25, 0.3) is 5.91 Å². The van der Waals surface area contributed by atoms with Crippen molar-refractivity contribution in [1.82, 2.24) is 9.58 Å². The first-order valence-electron chi connectivity index (χ1n) is 12.6. The summed E-state index contributed by atoms with van der Waals surface area (Å²) in [4.78, 5) is 28.2. The van der Waals surface area contributed by atoms with Gasteiger partial charge in [-0.25, -0.2) is 8.78 Å². The standard InChI is InChI=1S/C31H23F2N3O3/c1-34-18-36(35-12-11-27(37)29(28(35)30(34)38)39-17-19-7-3-2-4-8-19)31-22(13-20-9-5-6-10-23(20)31)14-21-15-25(32)26(33)16-24(21)31/h2-13,15-16H,14,17-18H2,1H3. The van der Waals surface area contributed by atoms with Crippen molar-refractivity contribution in [2.24, 2.45) is 0 Å². The van der Waals surface area contributed by atoms with Gasteiger partial charge in [-0.05, 0) is 51.9 Å². The first-order chi connectivity index (χ1) is 18.9. The Bertz CT molecular complexity index is 1770. The van der Waals surface area contributed by atoms with E-state index in [2.05, 4.69) is 6.08 Å². The van der Waals surface area contributed by atoms with Gasteiger partial charge in [-0.2, -0.15) is 0 Å². The van der Waals surface area contributed by atoms with Gasteiger partial charge < -0.3 is 9.64 Å². The summed E-state index contributed by atoms with van der Waals surface area (Å²) in [6, 6.07) is 21.1. The van der Waals surface area contributed by atoms with Crippen molar-refractivity contribution < 1.29 is 18.3 Å². The van der Waals surface area contributed by atoms with Crippen molar-refractivity contribution in [3.05, 3.63) is 140 Å². The van der Waals surface area contributed by atoms with Gasteiger partial charge in [-0.1, -0.05) is 60.7 Å². The third-order valence-electron chi connectivity index (χ3n) is 7.87. The fraction of sp³-hybridized carbons (Fsp3) is 0.161. The largest absolute Gasteiger partial charge is 0.482 e. The van der Waals surface area contributed by atoms with Gasteiger partial charge >= 0.3 is 0 Å². The Morgan fingerprint density at radius 1 is 0.923 bits per heavy atom. The number of fused-ring (bicyclic) bond motifs is 6. The van der Waals surface area contributed by atoms with Gasteiger partial charge in [0.2, 0.25) is 5.43 Å². The first-order valence-corrected chi connectivity index (χ1v) is 12.6. The summed E-state index contributed by atoms with van der Waals surface area (Å²) in [5, 5.41) is 1.94. The van der Waals surface area contributed by atoms with Crippen LogP contribution in [0.15, 0.2) is 89.4 Å². The molecule has 2 heterocycles. The van der Waals surface area contributed by atoms with Gasteiger partial charge in [-0.3, -0.25) is 19.3 Å². The van der Waals surface area contributed by atoms with Crippen LogP contribution in [0.5, 0.6) is 5.75 Å². The summed E-state index contributed by atoms with van der Waals surface area (Å²) >= 11 is 0. The third-order valence-corrected chi connectivity index (χ3v) is 7.87. The number of ether oxygens (including phenoxy) is 1. The molecule has 0 fully saturated rings. The molecule has 4 aromatic rings. The number of amides is 1. The molecule has 3 aliphatic rings. The molecule has 0 N–H and O–H groups in total. The number of halogens is 2. The van der Waals surface area contributed by atoms with E-state index in [1.165, 1.54) is 23.1 Å². The maximum atomic E-state index is 14.8. The number of hydrogen-bond acceptors (Lipinski definition) is 4. The molecule has 39 heavy (non-hydrogen) atoms. The molecule has 0 bridgehead atoms. The molecule has 1 aromatic heterocycles. The number of benzene rings is 3. The van der Waals surface area contributed by atoms with Crippen LogP contribution in [-0.2, 0) is 18.6 Å². The molecule has 2 aliphatic carbocycles. The van der Waals surface area contributed by atoms with Gasteiger partial charge in [0.15, 0.2) is 23.1 Å². The van der Waals surface area contributed by atoms with Crippen LogP contribution in [0.2, 0.25) is 0 Å². The average Bonchev–Trinajstić information content (AvgIpc) is 3.42. The Hall–Kier alpha value is -4.72. The number of hydrogen-bond donors (Lipinski definition) is 0. The molecule has 6 nitrogen and oxygen atoms in total. The summed E-state index contributed by atoms with van der Waals surface area (Å²) in [6.07, 6.45) is 4.03. The fourth-order valence-corrected chi connectivity index (χ4v) is 6.19. The highest BCUT2D eigenvalue weighted by Gasteiger charge is 2.55. The van der Waals surface area contributed by atoms with Crippen LogP contribution in [0.25, 0.3) is 6.08 Å². The minimum Gasteiger partial charge on any atom is -0.482 e. The topological polar surface area (TPSA) is 54.8 Å². The summed E-state index contributed by atoms with van der Waals surface area (Å²) in [6.45, 7) is 0.244. The van der Waals surface area contributed by atoms with Crippen LogP contribution < -0.4 is 15.2 Å². The predicted octanol–water partition coefficient (Wildman–Crippen LogP) is 4.58. The van der Waals surface area contributed by atoms with Crippen LogP contribution in [0, 0.1) is 11.6 Å². The minimum atomic E-state index is -1.02. The SMILES string of the molecule is CN1CN(C23C(=Cc4ccccc42)Cc2cc(F)c(F)cc23)n2ccc(=O)c(OCc3ccccc3)c2C1=O. The molecule has 0 radical (unpaired) electrons. The van der Waals surface area contributed by atoms with Crippen LogP contribution in [0.1, 0.15) is 38.3 Å². The lowest BCUT2D eigenvalue weighted by Gasteiger charge is -2.49. The second-order valence-electron chi connectivity index (χ2n) is 10.1. The summed E-state index contributed by atoms with van der Waals surface area (Å²) in [5.74, 6) is -2.26. The van der Waals surface area contributed by atoms with Crippen molar-refractivity contribution in [2.75, 3.05) is 18.7 Å². The lowest BCUT2D eigenvalue weighted by atomic mass is 9.83. The highest BCUT2D eigenvalue weighted by Crippen LogP contribution is 2.55. The molecule has 7 rings (SSSR count). The normalized spacial score (nSPS) is 18.8. The molecule has 1 atom stereocenters. The Balaban J connectivity index is 1.46. The van der Waals surface area contributed by atoms with Crippen LogP contribution in [-0.4, -0.2) is 29.2 Å². The second kappa shape index (κ2) is 8.39. The Kier molecular flexibility index (Phi) is 5.04. The molecule has 3 aromatic carbocycles. The van der Waals surface area contributed by atoms with E-state index in [0.717, 1.165) is 22.3 Å². The molecule has 0 saturated carbocycles. The van der Waals surface area contributed by atoms with Crippen molar-refractivity contribution in [1.29, 1.82) is 0 Å². The van der Waals surface area contributed by atoms with E-state index in [0.29, 0.717) is 17.5 Å². The van der Waals surface area contributed by atoms with E-state index in [1.54, 1.807) is 17.9 Å². The second-order valence-corrected chi connectivity index (χ2v) is 10.1. The van der Waals surface area contributed by atoms with Gasteiger partial charge in [0.1, 0.15) is 18.8 Å². The maximum Gasteiger partial charge on any atom is 0.277 e. The Morgan fingerprint density at radius 2 is 1.67 bits per heavy atom.